The molecule has 18 heavy (non-hydrogen) atoms. The number of benzene rings is 1. The van der Waals surface area contributed by atoms with Gasteiger partial charge in [0, 0.05) is 48.5 Å². The van der Waals surface area contributed by atoms with Crippen LogP contribution in [0.25, 0.3) is 0 Å². The zero-order valence-electron chi connectivity index (χ0n) is 11.4. The monoisotopic (exact) mass is 270 g/mol. The van der Waals surface area contributed by atoms with E-state index in [1.54, 1.807) is 39.5 Å². The Hall–Kier alpha value is -1.08. The van der Waals surface area contributed by atoms with Crippen molar-refractivity contribution < 1.29 is 14.2 Å². The maximum atomic E-state index is 6.01. The summed E-state index contributed by atoms with van der Waals surface area (Å²) in [4.78, 5) is 0. The highest BCUT2D eigenvalue weighted by atomic mass is 28.1. The van der Waals surface area contributed by atoms with Crippen molar-refractivity contribution in [2.24, 2.45) is 0 Å². The highest BCUT2D eigenvalue weighted by Gasteiger charge is 2.42. The summed E-state index contributed by atoms with van der Waals surface area (Å²) >= 11 is 0. The van der Waals surface area contributed by atoms with Crippen molar-refractivity contribution in [2.45, 2.75) is 17.9 Å². The molecule has 0 aliphatic rings. The van der Waals surface area contributed by atoms with E-state index in [9.17, 15) is 0 Å². The fourth-order valence-electron chi connectivity index (χ4n) is 2.21. The third-order valence-electron chi connectivity index (χ3n) is 3.14. The summed E-state index contributed by atoms with van der Waals surface area (Å²) in [5.41, 5.74) is 13.7. The number of nitrogens with two attached hydrogens (primary N) is 2. The molecule has 6 heteroatoms. The number of hydrogen-bond donors (Lipinski definition) is 2. The molecule has 5 nitrogen and oxygen atoms in total. The van der Waals surface area contributed by atoms with Gasteiger partial charge in [0.1, 0.15) is 6.10 Å². The fourth-order valence-corrected chi connectivity index (χ4v) is 3.08. The summed E-state index contributed by atoms with van der Waals surface area (Å²) in [5, 5.41) is 0. The van der Waals surface area contributed by atoms with Crippen LogP contribution in [0.15, 0.2) is 18.2 Å². The zero-order valence-corrected chi connectivity index (χ0v) is 13.4. The molecule has 102 valence electrons. The molecule has 0 fully saturated rings. The Labute approximate surface area is 111 Å². The van der Waals surface area contributed by atoms with Crippen LogP contribution in [-0.4, -0.2) is 37.7 Å². The van der Waals surface area contributed by atoms with Gasteiger partial charge >= 0.3 is 0 Å². The Morgan fingerprint density at radius 3 is 2.28 bits per heavy atom. The molecule has 0 spiro atoms. The topological polar surface area (TPSA) is 79.7 Å². The first-order chi connectivity index (χ1) is 8.55. The van der Waals surface area contributed by atoms with Crippen molar-refractivity contribution in [3.63, 3.8) is 0 Å². The summed E-state index contributed by atoms with van der Waals surface area (Å²) in [5.74, 6) is -1.02. The number of ether oxygens (including phenoxy) is 3. The smallest absolute Gasteiger partial charge is 0.223 e. The summed E-state index contributed by atoms with van der Waals surface area (Å²) in [6.45, 7) is 0. The molecule has 0 heterocycles. The summed E-state index contributed by atoms with van der Waals surface area (Å²) in [7, 11) is 5.76. The predicted molar refractivity (Wildman–Crippen MR) is 76.5 cm³/mol. The van der Waals surface area contributed by atoms with Crippen molar-refractivity contribution in [2.75, 3.05) is 32.8 Å². The van der Waals surface area contributed by atoms with Crippen LogP contribution in [0.5, 0.6) is 0 Å². The molecular formula is C12H22N2O3Si. The molecule has 1 aromatic rings. The lowest BCUT2D eigenvalue weighted by Crippen LogP contribution is -2.44. The van der Waals surface area contributed by atoms with Gasteiger partial charge in [0.15, 0.2) is 0 Å². The normalized spacial score (nSPS) is 13.7. The lowest BCUT2D eigenvalue weighted by molar-refractivity contribution is -0.269. The fraction of sp³-hybridized carbons (Fsp3) is 0.500. The minimum absolute atomic E-state index is 0.219. The van der Waals surface area contributed by atoms with Gasteiger partial charge in [0.25, 0.3) is 0 Å². The molecule has 0 saturated carbocycles. The molecule has 0 saturated heterocycles. The van der Waals surface area contributed by atoms with E-state index in [2.05, 4.69) is 0 Å². The van der Waals surface area contributed by atoms with E-state index < -0.39 is 5.79 Å². The third-order valence-corrected chi connectivity index (χ3v) is 3.88. The van der Waals surface area contributed by atoms with Crippen LogP contribution in [0, 0.1) is 0 Å². The SMILES string of the molecule is COC(C[SiH3])C(OC)(OC)c1cc(N)ccc1N. The lowest BCUT2D eigenvalue weighted by atomic mass is 9.97. The molecule has 0 bridgehead atoms. The summed E-state index contributed by atoms with van der Waals surface area (Å²) in [6.07, 6.45) is -0.219. The van der Waals surface area contributed by atoms with Crippen LogP contribution in [-0.2, 0) is 20.0 Å². The number of nitrogen functional groups attached to an aromatic ring is 2. The van der Waals surface area contributed by atoms with Crippen LogP contribution in [0.3, 0.4) is 0 Å². The van der Waals surface area contributed by atoms with Gasteiger partial charge in [0.2, 0.25) is 5.79 Å². The maximum Gasteiger partial charge on any atom is 0.223 e. The Morgan fingerprint density at radius 1 is 1.22 bits per heavy atom. The van der Waals surface area contributed by atoms with E-state index >= 15 is 0 Å². The van der Waals surface area contributed by atoms with Gasteiger partial charge in [-0.15, -0.1) is 0 Å². The Bertz CT molecular complexity index is 393. The average molecular weight is 270 g/mol. The first kappa shape index (κ1) is 15.0. The second kappa shape index (κ2) is 6.19. The van der Waals surface area contributed by atoms with E-state index in [0.29, 0.717) is 16.9 Å². The highest BCUT2D eigenvalue weighted by Crippen LogP contribution is 2.37. The summed E-state index contributed by atoms with van der Waals surface area (Å²) in [6, 6.07) is 6.12. The van der Waals surface area contributed by atoms with Gasteiger partial charge in [-0.2, -0.15) is 0 Å². The Morgan fingerprint density at radius 2 is 1.83 bits per heavy atom. The van der Waals surface area contributed by atoms with Crippen molar-refractivity contribution in [1.82, 2.24) is 0 Å². The molecule has 1 atom stereocenters. The van der Waals surface area contributed by atoms with Crippen molar-refractivity contribution in [1.29, 1.82) is 0 Å². The highest BCUT2D eigenvalue weighted by molar-refractivity contribution is 6.09. The molecule has 0 aliphatic heterocycles. The second-order valence-electron chi connectivity index (χ2n) is 4.06. The minimum Gasteiger partial charge on any atom is -0.399 e. The van der Waals surface area contributed by atoms with Crippen molar-refractivity contribution in [3.8, 4) is 0 Å². The second-order valence-corrected chi connectivity index (χ2v) is 4.87. The average Bonchev–Trinajstić information content (AvgIpc) is 2.39. The molecule has 1 rings (SSSR count). The third kappa shape index (κ3) is 2.51. The molecule has 1 unspecified atom stereocenters. The van der Waals surface area contributed by atoms with Gasteiger partial charge < -0.3 is 25.7 Å². The zero-order chi connectivity index (χ0) is 13.8. The molecule has 0 aromatic heterocycles. The standard InChI is InChI=1S/C12H22N2O3Si/c1-15-11(7-18)12(16-2,17-3)9-6-8(13)4-5-10(9)14/h4-6,11H,7,13-14H2,1-3,18H3. The van der Waals surface area contributed by atoms with Crippen LogP contribution in [0.1, 0.15) is 5.56 Å². The predicted octanol–water partition coefficient (Wildman–Crippen LogP) is 0.0953. The van der Waals surface area contributed by atoms with Gasteiger partial charge in [-0.25, -0.2) is 0 Å². The first-order valence-corrected chi connectivity index (χ1v) is 7.25. The van der Waals surface area contributed by atoms with Gasteiger partial charge in [-0.3, -0.25) is 0 Å². The van der Waals surface area contributed by atoms with Crippen molar-refractivity contribution >= 4 is 21.6 Å². The number of anilines is 2. The number of methoxy groups -OCH3 is 3. The quantitative estimate of drug-likeness (QED) is 0.435. The largest absolute Gasteiger partial charge is 0.399 e. The summed E-state index contributed by atoms with van der Waals surface area (Å²) < 4.78 is 16.7. The molecule has 4 N–H and O–H groups in total. The lowest BCUT2D eigenvalue weighted by Gasteiger charge is -2.38. The minimum atomic E-state index is -1.02. The Kier molecular flexibility index (Phi) is 5.15. The van der Waals surface area contributed by atoms with E-state index in [0.717, 1.165) is 16.3 Å². The van der Waals surface area contributed by atoms with Gasteiger partial charge in [-0.05, 0) is 24.2 Å². The molecule has 0 amide bonds. The van der Waals surface area contributed by atoms with E-state index in [1.165, 1.54) is 0 Å². The van der Waals surface area contributed by atoms with E-state index in [4.69, 9.17) is 25.7 Å². The molecular weight excluding hydrogens is 248 g/mol. The number of rotatable bonds is 6. The molecule has 0 radical (unpaired) electrons. The van der Waals surface area contributed by atoms with Crippen LogP contribution in [0.2, 0.25) is 6.04 Å². The Balaban J connectivity index is 3.38. The van der Waals surface area contributed by atoms with Crippen LogP contribution in [0.4, 0.5) is 11.4 Å². The molecule has 1 aromatic carbocycles. The maximum absolute atomic E-state index is 6.01. The number of hydrogen-bond acceptors (Lipinski definition) is 5. The van der Waals surface area contributed by atoms with Crippen molar-refractivity contribution in [3.05, 3.63) is 23.8 Å². The van der Waals surface area contributed by atoms with Gasteiger partial charge in [-0.1, -0.05) is 0 Å². The van der Waals surface area contributed by atoms with E-state index in [-0.39, 0.29) is 6.10 Å². The van der Waals surface area contributed by atoms with E-state index in [1.807, 2.05) is 0 Å². The first-order valence-electron chi connectivity index (χ1n) is 5.84. The van der Waals surface area contributed by atoms with Crippen LogP contribution >= 0.6 is 0 Å². The molecule has 0 aliphatic carbocycles. The van der Waals surface area contributed by atoms with Crippen LogP contribution < -0.4 is 11.5 Å². The van der Waals surface area contributed by atoms with Gasteiger partial charge in [0.05, 0.1) is 0 Å².